The molecule has 0 saturated carbocycles. The molecule has 1 amide bonds. The van der Waals surface area contributed by atoms with Crippen molar-refractivity contribution in [1.82, 2.24) is 14.7 Å². The summed E-state index contributed by atoms with van der Waals surface area (Å²) in [4.78, 5) is 15.4. The van der Waals surface area contributed by atoms with Crippen LogP contribution in [0.3, 0.4) is 0 Å². The van der Waals surface area contributed by atoms with Gasteiger partial charge in [-0.15, -0.1) is 0 Å². The number of carbonyl (C=O) groups excluding carboxylic acids is 1. The number of sulfone groups is 1. The first-order chi connectivity index (χ1) is 16.0. The van der Waals surface area contributed by atoms with Gasteiger partial charge in [0.25, 0.3) is 5.91 Å². The lowest BCUT2D eigenvalue weighted by molar-refractivity contribution is -0.104. The molecular weight excluding hydrogens is 446 g/mol. The Labute approximate surface area is 190 Å². The number of ether oxygens (including phenoxy) is 2. The second-order valence-electron chi connectivity index (χ2n) is 8.35. The standard InChI is InChI=1S/C23H21N3O6S/c27-12-18-17-10-25(11-20(31-17)32-18)23(28)21-16-13-33(29,30)19-9-5-4-8-15(19)22(16)26(24-21)14-6-2-1-3-7-14/h1-9,17-18,20,27H,10-13H2/t17-,18-,20-/m1/s1. The second-order valence-corrected chi connectivity index (χ2v) is 10.3. The highest BCUT2D eigenvalue weighted by molar-refractivity contribution is 7.90. The Kier molecular flexibility index (Phi) is 4.66. The van der Waals surface area contributed by atoms with Gasteiger partial charge < -0.3 is 19.5 Å². The summed E-state index contributed by atoms with van der Waals surface area (Å²) >= 11 is 0. The van der Waals surface area contributed by atoms with E-state index in [-0.39, 0.29) is 41.9 Å². The maximum atomic E-state index is 13.6. The molecular formula is C23H21N3O6S. The Morgan fingerprint density at radius 2 is 1.82 bits per heavy atom. The van der Waals surface area contributed by atoms with E-state index in [1.807, 2.05) is 30.3 Å². The number of carbonyl (C=O) groups is 1. The van der Waals surface area contributed by atoms with Crippen molar-refractivity contribution in [2.24, 2.45) is 0 Å². The first-order valence-electron chi connectivity index (χ1n) is 10.7. The van der Waals surface area contributed by atoms with Crippen LogP contribution in [0.4, 0.5) is 0 Å². The van der Waals surface area contributed by atoms with Crippen LogP contribution in [0.25, 0.3) is 16.9 Å². The lowest BCUT2D eigenvalue weighted by atomic mass is 10.0. The molecule has 4 heterocycles. The molecule has 2 saturated heterocycles. The van der Waals surface area contributed by atoms with Crippen molar-refractivity contribution in [3.05, 3.63) is 65.9 Å². The molecule has 0 aliphatic carbocycles. The number of hydrogen-bond acceptors (Lipinski definition) is 7. The van der Waals surface area contributed by atoms with Crippen molar-refractivity contribution in [2.75, 3.05) is 19.7 Å². The largest absolute Gasteiger partial charge is 0.394 e. The molecule has 9 nitrogen and oxygen atoms in total. The van der Waals surface area contributed by atoms with E-state index in [0.717, 1.165) is 5.69 Å². The van der Waals surface area contributed by atoms with Crippen molar-refractivity contribution in [3.63, 3.8) is 0 Å². The fraction of sp³-hybridized carbons (Fsp3) is 0.304. The third-order valence-electron chi connectivity index (χ3n) is 6.30. The zero-order valence-corrected chi connectivity index (χ0v) is 18.3. The van der Waals surface area contributed by atoms with Crippen LogP contribution in [0.2, 0.25) is 0 Å². The summed E-state index contributed by atoms with van der Waals surface area (Å²) in [6.07, 6.45) is -1.55. The Morgan fingerprint density at radius 1 is 1.06 bits per heavy atom. The molecule has 2 bridgehead atoms. The lowest BCUT2D eigenvalue weighted by Gasteiger charge is -2.30. The number of morpholine rings is 1. The minimum Gasteiger partial charge on any atom is -0.394 e. The number of fused-ring (bicyclic) bond motifs is 5. The number of nitrogens with zero attached hydrogens (tertiary/aromatic N) is 3. The second kappa shape index (κ2) is 7.49. The van der Waals surface area contributed by atoms with Crippen molar-refractivity contribution in [2.45, 2.75) is 29.1 Å². The number of rotatable bonds is 3. The van der Waals surface area contributed by atoms with Gasteiger partial charge in [-0.1, -0.05) is 36.4 Å². The molecule has 3 aromatic rings. The van der Waals surface area contributed by atoms with Gasteiger partial charge in [-0.3, -0.25) is 4.79 Å². The fourth-order valence-corrected chi connectivity index (χ4v) is 6.38. The predicted molar refractivity (Wildman–Crippen MR) is 116 cm³/mol. The van der Waals surface area contributed by atoms with Gasteiger partial charge >= 0.3 is 0 Å². The summed E-state index contributed by atoms with van der Waals surface area (Å²) in [7, 11) is -3.64. The average molecular weight is 468 g/mol. The molecule has 0 radical (unpaired) electrons. The summed E-state index contributed by atoms with van der Waals surface area (Å²) in [5.41, 5.74) is 2.36. The van der Waals surface area contributed by atoms with E-state index in [9.17, 15) is 18.3 Å². The number of aliphatic hydroxyl groups is 1. The van der Waals surface area contributed by atoms with Crippen LogP contribution in [-0.2, 0) is 25.1 Å². The van der Waals surface area contributed by atoms with Gasteiger partial charge in [0, 0.05) is 11.1 Å². The third kappa shape index (κ3) is 3.21. The van der Waals surface area contributed by atoms with Crippen LogP contribution >= 0.6 is 0 Å². The molecule has 2 aromatic carbocycles. The Balaban J connectivity index is 1.50. The predicted octanol–water partition coefficient (Wildman–Crippen LogP) is 1.38. The highest BCUT2D eigenvalue weighted by Gasteiger charge is 2.45. The van der Waals surface area contributed by atoms with Crippen LogP contribution in [0.5, 0.6) is 0 Å². The molecule has 3 aliphatic rings. The van der Waals surface area contributed by atoms with Gasteiger partial charge in [0.1, 0.15) is 12.2 Å². The Hall–Kier alpha value is -3.05. The summed E-state index contributed by atoms with van der Waals surface area (Å²) in [5, 5.41) is 14.1. The quantitative estimate of drug-likeness (QED) is 0.620. The van der Waals surface area contributed by atoms with Gasteiger partial charge in [0.15, 0.2) is 21.8 Å². The molecule has 33 heavy (non-hydrogen) atoms. The van der Waals surface area contributed by atoms with Crippen LogP contribution in [0.15, 0.2) is 59.5 Å². The smallest absolute Gasteiger partial charge is 0.274 e. The molecule has 170 valence electrons. The number of aromatic nitrogens is 2. The minimum atomic E-state index is -3.64. The molecule has 0 spiro atoms. The van der Waals surface area contributed by atoms with Crippen LogP contribution < -0.4 is 0 Å². The summed E-state index contributed by atoms with van der Waals surface area (Å²) in [5.74, 6) is -0.684. The molecule has 10 heteroatoms. The molecule has 3 atom stereocenters. The van der Waals surface area contributed by atoms with Crippen molar-refractivity contribution in [3.8, 4) is 16.9 Å². The van der Waals surface area contributed by atoms with Gasteiger partial charge in [-0.25, -0.2) is 13.1 Å². The average Bonchev–Trinajstić information content (AvgIpc) is 3.35. The van der Waals surface area contributed by atoms with E-state index < -0.39 is 28.3 Å². The number of hydrogen-bond donors (Lipinski definition) is 1. The topological polar surface area (TPSA) is 111 Å². The normalized spacial score (nSPS) is 24.9. The fourth-order valence-electron chi connectivity index (χ4n) is 4.78. The zero-order valence-electron chi connectivity index (χ0n) is 17.5. The molecule has 0 unspecified atom stereocenters. The third-order valence-corrected chi connectivity index (χ3v) is 8.00. The summed E-state index contributed by atoms with van der Waals surface area (Å²) in [6, 6.07) is 16.1. The van der Waals surface area contributed by atoms with E-state index in [2.05, 4.69) is 5.10 Å². The Bertz CT molecular complexity index is 1350. The summed E-state index contributed by atoms with van der Waals surface area (Å²) in [6.45, 7) is 0.218. The van der Waals surface area contributed by atoms with Crippen LogP contribution in [0, 0.1) is 0 Å². The molecule has 3 aliphatic heterocycles. The van der Waals surface area contributed by atoms with Gasteiger partial charge in [-0.05, 0) is 18.2 Å². The SMILES string of the molecule is O=C(c1nn(-c2ccccc2)c2c1CS(=O)(=O)c1ccccc1-2)N1C[C@H]2O[C@H](CO)[C@@H](C1)O2. The monoisotopic (exact) mass is 467 g/mol. The van der Waals surface area contributed by atoms with Gasteiger partial charge in [0.05, 0.1) is 41.7 Å². The first kappa shape index (κ1) is 20.5. The van der Waals surface area contributed by atoms with Gasteiger partial charge in [0.2, 0.25) is 0 Å². The minimum absolute atomic E-state index is 0.105. The van der Waals surface area contributed by atoms with E-state index in [4.69, 9.17) is 9.47 Å². The molecule has 2 fully saturated rings. The zero-order chi connectivity index (χ0) is 22.7. The Morgan fingerprint density at radius 3 is 2.61 bits per heavy atom. The summed E-state index contributed by atoms with van der Waals surface area (Å²) < 4.78 is 39.2. The first-order valence-corrected chi connectivity index (χ1v) is 12.3. The van der Waals surface area contributed by atoms with E-state index in [1.54, 1.807) is 33.8 Å². The lowest BCUT2D eigenvalue weighted by Crippen LogP contribution is -2.47. The van der Waals surface area contributed by atoms with Crippen LogP contribution in [-0.4, -0.2) is 72.3 Å². The molecule has 1 N–H and O–H groups in total. The van der Waals surface area contributed by atoms with Crippen LogP contribution in [0.1, 0.15) is 16.1 Å². The van der Waals surface area contributed by atoms with Crippen molar-refractivity contribution >= 4 is 15.7 Å². The van der Waals surface area contributed by atoms with E-state index in [0.29, 0.717) is 16.8 Å². The van der Waals surface area contributed by atoms with Crippen molar-refractivity contribution < 1.29 is 27.8 Å². The number of benzene rings is 2. The molecule has 1 aromatic heterocycles. The van der Waals surface area contributed by atoms with Gasteiger partial charge in [-0.2, -0.15) is 5.10 Å². The maximum absolute atomic E-state index is 13.6. The number of para-hydroxylation sites is 1. The maximum Gasteiger partial charge on any atom is 0.274 e. The number of amides is 1. The molecule has 6 rings (SSSR count). The highest BCUT2D eigenvalue weighted by Crippen LogP contribution is 2.41. The van der Waals surface area contributed by atoms with Crippen molar-refractivity contribution in [1.29, 1.82) is 0 Å². The van der Waals surface area contributed by atoms with E-state index >= 15 is 0 Å². The van der Waals surface area contributed by atoms with E-state index in [1.165, 1.54) is 0 Å². The number of aliphatic hydroxyl groups excluding tert-OH is 1. The highest BCUT2D eigenvalue weighted by atomic mass is 32.2.